The molecule has 0 amide bonds. The predicted octanol–water partition coefficient (Wildman–Crippen LogP) is 1.78. The Kier molecular flexibility index (Phi) is 5.87. The lowest BCUT2D eigenvalue weighted by molar-refractivity contribution is 0.199. The van der Waals surface area contributed by atoms with Crippen molar-refractivity contribution < 1.29 is 5.11 Å². The standard InChI is InChI=1S/C25H33N9O/c1-15(26)3-7-22(27)31-17-4-6-19-20(13-17)34(14-29-19)23-8-5-18(16(2)35)24(32-23)33-12-10-25(28)21(33)9-11-30-25/h3-8,13-14,16,21,30-31,35H,9-12,26-28H2,1-2H3/b15-3-,22-7+. The maximum absolute atomic E-state index is 10.5. The molecule has 0 saturated carbocycles. The normalized spacial score (nSPS) is 23.7. The van der Waals surface area contributed by atoms with E-state index in [1.807, 2.05) is 34.9 Å². The number of fused-ring (bicyclic) bond motifs is 2. The fourth-order valence-corrected chi connectivity index (χ4v) is 5.06. The van der Waals surface area contributed by atoms with Crippen LogP contribution in [0, 0.1) is 0 Å². The van der Waals surface area contributed by atoms with Gasteiger partial charge in [-0.05, 0) is 75.7 Å². The van der Waals surface area contributed by atoms with Gasteiger partial charge in [0.25, 0.3) is 0 Å². The molecule has 2 aliphatic rings. The molecular formula is C25H33N9O. The molecule has 10 nitrogen and oxygen atoms in total. The molecule has 5 rings (SSSR count). The van der Waals surface area contributed by atoms with Crippen LogP contribution in [0.3, 0.4) is 0 Å². The lowest BCUT2D eigenvalue weighted by Crippen LogP contribution is -2.55. The minimum atomic E-state index is -0.648. The third-order valence-corrected chi connectivity index (χ3v) is 6.83. The summed E-state index contributed by atoms with van der Waals surface area (Å²) in [5, 5.41) is 17.1. The van der Waals surface area contributed by atoms with Crippen molar-refractivity contribution in [3.8, 4) is 5.82 Å². The highest BCUT2D eigenvalue weighted by atomic mass is 16.3. The Labute approximate surface area is 204 Å². The molecule has 3 aromatic rings. The number of rotatable bonds is 6. The second-order valence-electron chi connectivity index (χ2n) is 9.45. The number of nitrogens with one attached hydrogen (secondary N) is 2. The Morgan fingerprint density at radius 2 is 2.11 bits per heavy atom. The van der Waals surface area contributed by atoms with Crippen molar-refractivity contribution in [1.82, 2.24) is 19.9 Å². The molecule has 2 saturated heterocycles. The van der Waals surface area contributed by atoms with Crippen molar-refractivity contribution in [2.45, 2.75) is 44.5 Å². The number of benzene rings is 1. The zero-order valence-corrected chi connectivity index (χ0v) is 20.1. The van der Waals surface area contributed by atoms with E-state index in [9.17, 15) is 5.11 Å². The van der Waals surface area contributed by atoms with E-state index in [2.05, 4.69) is 20.5 Å². The molecule has 9 N–H and O–H groups in total. The van der Waals surface area contributed by atoms with E-state index in [4.69, 9.17) is 22.2 Å². The SMILES string of the molecule is C/C(N)=C/C=C(\N)Nc1ccc2ncn(-c3ccc(C(C)O)c(N4CCC5(N)NCCC45)n3)c2c1. The highest BCUT2D eigenvalue weighted by Gasteiger charge is 2.48. The van der Waals surface area contributed by atoms with Crippen LogP contribution in [-0.4, -0.2) is 44.4 Å². The monoisotopic (exact) mass is 475 g/mol. The Hall–Kier alpha value is -3.60. The Bertz CT molecular complexity index is 1310. The molecule has 184 valence electrons. The predicted molar refractivity (Wildman–Crippen MR) is 139 cm³/mol. The second kappa shape index (κ2) is 8.88. The maximum Gasteiger partial charge on any atom is 0.140 e. The van der Waals surface area contributed by atoms with Gasteiger partial charge in [-0.25, -0.2) is 9.97 Å². The topological polar surface area (TPSA) is 156 Å². The van der Waals surface area contributed by atoms with Crippen LogP contribution >= 0.6 is 0 Å². The first-order chi connectivity index (χ1) is 16.7. The Morgan fingerprint density at radius 1 is 1.29 bits per heavy atom. The summed E-state index contributed by atoms with van der Waals surface area (Å²) in [4.78, 5) is 11.8. The van der Waals surface area contributed by atoms with Crippen molar-refractivity contribution >= 4 is 22.5 Å². The van der Waals surface area contributed by atoms with E-state index < -0.39 is 11.8 Å². The van der Waals surface area contributed by atoms with Crippen LogP contribution in [0.5, 0.6) is 0 Å². The summed E-state index contributed by atoms with van der Waals surface area (Å²) in [7, 11) is 0. The number of hydrogen-bond donors (Lipinski definition) is 6. The van der Waals surface area contributed by atoms with Gasteiger partial charge in [0.2, 0.25) is 0 Å². The lowest BCUT2D eigenvalue weighted by Gasteiger charge is -2.31. The van der Waals surface area contributed by atoms with Crippen LogP contribution in [0.2, 0.25) is 0 Å². The zero-order chi connectivity index (χ0) is 24.7. The number of nitrogens with zero attached hydrogens (tertiary/aromatic N) is 4. The van der Waals surface area contributed by atoms with Gasteiger partial charge in [0, 0.05) is 23.5 Å². The highest BCUT2D eigenvalue weighted by molar-refractivity contribution is 5.81. The van der Waals surface area contributed by atoms with Crippen LogP contribution in [0.25, 0.3) is 16.9 Å². The lowest BCUT2D eigenvalue weighted by atomic mass is 10.0. The number of allylic oxidation sites excluding steroid dienone is 3. The molecule has 10 heteroatoms. The first kappa shape index (κ1) is 23.2. The quantitative estimate of drug-likeness (QED) is 0.292. The molecular weight excluding hydrogens is 442 g/mol. The van der Waals surface area contributed by atoms with Gasteiger partial charge in [-0.15, -0.1) is 0 Å². The van der Waals surface area contributed by atoms with Crippen LogP contribution in [-0.2, 0) is 0 Å². The van der Waals surface area contributed by atoms with E-state index in [0.29, 0.717) is 11.5 Å². The van der Waals surface area contributed by atoms with Crippen molar-refractivity contribution in [1.29, 1.82) is 0 Å². The molecule has 0 spiro atoms. The average molecular weight is 476 g/mol. The van der Waals surface area contributed by atoms with E-state index in [1.165, 1.54) is 0 Å². The molecule has 2 aliphatic heterocycles. The number of aliphatic hydroxyl groups excluding tert-OH is 1. The van der Waals surface area contributed by atoms with Crippen molar-refractivity contribution in [2.24, 2.45) is 17.2 Å². The molecule has 0 bridgehead atoms. The molecule has 2 aromatic heterocycles. The number of aromatic nitrogens is 3. The Morgan fingerprint density at radius 3 is 2.89 bits per heavy atom. The number of nitrogens with two attached hydrogens (primary N) is 3. The van der Waals surface area contributed by atoms with Gasteiger partial charge in [0.1, 0.15) is 23.8 Å². The molecule has 3 atom stereocenters. The van der Waals surface area contributed by atoms with Gasteiger partial charge in [-0.1, -0.05) is 0 Å². The highest BCUT2D eigenvalue weighted by Crippen LogP contribution is 2.37. The van der Waals surface area contributed by atoms with E-state index in [0.717, 1.165) is 59.9 Å². The molecule has 35 heavy (non-hydrogen) atoms. The minimum absolute atomic E-state index is 0.138. The van der Waals surface area contributed by atoms with Gasteiger partial charge in [-0.3, -0.25) is 9.88 Å². The van der Waals surface area contributed by atoms with Gasteiger partial charge in [0.05, 0.1) is 28.8 Å². The first-order valence-corrected chi connectivity index (χ1v) is 11.9. The maximum atomic E-state index is 10.5. The number of pyridine rings is 1. The van der Waals surface area contributed by atoms with E-state index >= 15 is 0 Å². The van der Waals surface area contributed by atoms with Crippen LogP contribution in [0.4, 0.5) is 11.5 Å². The van der Waals surface area contributed by atoms with Crippen LogP contribution < -0.4 is 32.7 Å². The summed E-state index contributed by atoms with van der Waals surface area (Å²) in [6.45, 7) is 5.23. The van der Waals surface area contributed by atoms with Gasteiger partial charge >= 0.3 is 0 Å². The van der Waals surface area contributed by atoms with Gasteiger partial charge < -0.3 is 32.5 Å². The molecule has 0 aliphatic carbocycles. The molecule has 2 fully saturated rings. The molecule has 0 radical (unpaired) electrons. The van der Waals surface area contributed by atoms with Crippen LogP contribution in [0.1, 0.15) is 38.4 Å². The first-order valence-electron chi connectivity index (χ1n) is 11.9. The summed E-state index contributed by atoms with van der Waals surface area (Å²) in [6, 6.07) is 9.83. The van der Waals surface area contributed by atoms with Gasteiger partial charge in [0.15, 0.2) is 0 Å². The summed E-state index contributed by atoms with van der Waals surface area (Å²) in [5.74, 6) is 1.96. The molecule has 3 unspecified atom stereocenters. The summed E-state index contributed by atoms with van der Waals surface area (Å²) in [5.41, 5.74) is 22.0. The summed E-state index contributed by atoms with van der Waals surface area (Å²) in [6.07, 6.45) is 6.36. The van der Waals surface area contributed by atoms with E-state index in [-0.39, 0.29) is 6.04 Å². The van der Waals surface area contributed by atoms with Gasteiger partial charge in [-0.2, -0.15) is 0 Å². The number of anilines is 2. The zero-order valence-electron chi connectivity index (χ0n) is 20.1. The number of aliphatic hydroxyl groups is 1. The largest absolute Gasteiger partial charge is 0.402 e. The summed E-state index contributed by atoms with van der Waals surface area (Å²) < 4.78 is 1.94. The minimum Gasteiger partial charge on any atom is -0.402 e. The molecule has 1 aromatic carbocycles. The third-order valence-electron chi connectivity index (χ3n) is 6.83. The summed E-state index contributed by atoms with van der Waals surface area (Å²) >= 11 is 0. The third kappa shape index (κ3) is 4.31. The smallest absolute Gasteiger partial charge is 0.140 e. The number of imidazole rings is 1. The van der Waals surface area contributed by atoms with E-state index in [1.54, 1.807) is 32.3 Å². The Balaban J connectivity index is 1.53. The molecule has 4 heterocycles. The van der Waals surface area contributed by atoms with Crippen molar-refractivity contribution in [3.05, 3.63) is 65.9 Å². The second-order valence-corrected chi connectivity index (χ2v) is 9.45. The average Bonchev–Trinajstić information content (AvgIpc) is 3.49. The number of hydrogen-bond acceptors (Lipinski definition) is 9. The van der Waals surface area contributed by atoms with Crippen molar-refractivity contribution in [2.75, 3.05) is 23.3 Å². The fourth-order valence-electron chi connectivity index (χ4n) is 5.06. The fraction of sp³-hybridized carbons (Fsp3) is 0.360. The van der Waals surface area contributed by atoms with Crippen molar-refractivity contribution in [3.63, 3.8) is 0 Å². The van der Waals surface area contributed by atoms with Crippen LogP contribution in [0.15, 0.2) is 60.3 Å².